The molecule has 10 heteroatoms. The van der Waals surface area contributed by atoms with Crippen LogP contribution in [0.4, 0.5) is 5.82 Å². The van der Waals surface area contributed by atoms with Gasteiger partial charge in [0.25, 0.3) is 0 Å². The third-order valence-electron chi connectivity index (χ3n) is 5.95. The third kappa shape index (κ3) is 3.21. The van der Waals surface area contributed by atoms with Crippen LogP contribution in [-0.2, 0) is 4.74 Å². The Morgan fingerprint density at radius 3 is 2.81 bits per heavy atom. The fraction of sp³-hybridized carbons (Fsp3) is 0.333. The van der Waals surface area contributed by atoms with Crippen LogP contribution in [0.5, 0.6) is 0 Å². The van der Waals surface area contributed by atoms with Gasteiger partial charge in [0.1, 0.15) is 17.8 Å². The predicted octanol–water partition coefficient (Wildman–Crippen LogP) is 3.26. The molecule has 160 valence electrons. The van der Waals surface area contributed by atoms with E-state index in [-0.39, 0.29) is 6.04 Å². The quantitative estimate of drug-likeness (QED) is 0.471. The lowest BCUT2D eigenvalue weighted by Gasteiger charge is -2.29. The SMILES string of the molecule is COC(=O)c1ccc2c(Cl)c(-c3nn(C4CCN(C)CC4)c4ncnc(N)c34)[nH]c2c1. The van der Waals surface area contributed by atoms with Crippen molar-refractivity contribution in [3.05, 3.63) is 35.1 Å². The van der Waals surface area contributed by atoms with Crippen LogP contribution in [0.2, 0.25) is 5.02 Å². The van der Waals surface area contributed by atoms with Gasteiger partial charge >= 0.3 is 5.97 Å². The predicted molar refractivity (Wildman–Crippen MR) is 119 cm³/mol. The Hall–Kier alpha value is -3.17. The standard InChI is InChI=1S/C21H22ClN7O2/c1-28-7-5-12(6-8-28)29-20-15(19(23)24-10-25-20)17(27-29)18-16(22)13-4-3-11(21(30)31-2)9-14(13)26-18/h3-4,9-10,12,26H,5-8H2,1-2H3,(H2,23,24,25). The minimum Gasteiger partial charge on any atom is -0.465 e. The first-order valence-electron chi connectivity index (χ1n) is 10.0. The van der Waals surface area contributed by atoms with Crippen LogP contribution in [0.15, 0.2) is 24.5 Å². The van der Waals surface area contributed by atoms with E-state index in [4.69, 9.17) is 27.2 Å². The minimum absolute atomic E-state index is 0.218. The molecule has 1 aromatic carbocycles. The van der Waals surface area contributed by atoms with E-state index in [0.29, 0.717) is 44.3 Å². The number of piperidine rings is 1. The topological polar surface area (TPSA) is 115 Å². The van der Waals surface area contributed by atoms with Gasteiger partial charge < -0.3 is 20.4 Å². The second-order valence-electron chi connectivity index (χ2n) is 7.85. The average Bonchev–Trinajstić information content (AvgIpc) is 3.32. The Morgan fingerprint density at radius 1 is 1.29 bits per heavy atom. The van der Waals surface area contributed by atoms with Gasteiger partial charge in [0.2, 0.25) is 0 Å². The number of halogens is 1. The van der Waals surface area contributed by atoms with Gasteiger partial charge in [0.05, 0.1) is 34.8 Å². The normalized spacial score (nSPS) is 15.7. The highest BCUT2D eigenvalue weighted by Gasteiger charge is 2.27. The summed E-state index contributed by atoms with van der Waals surface area (Å²) in [5.41, 5.74) is 9.32. The zero-order chi connectivity index (χ0) is 21.7. The number of likely N-dealkylation sites (tertiary alicyclic amines) is 1. The number of hydrogen-bond donors (Lipinski definition) is 2. The van der Waals surface area contributed by atoms with Gasteiger partial charge in [-0.25, -0.2) is 19.4 Å². The first kappa shape index (κ1) is 19.8. The van der Waals surface area contributed by atoms with Crippen molar-refractivity contribution in [3.63, 3.8) is 0 Å². The van der Waals surface area contributed by atoms with Crippen molar-refractivity contribution in [2.75, 3.05) is 33.0 Å². The van der Waals surface area contributed by atoms with Crippen molar-refractivity contribution in [3.8, 4) is 11.4 Å². The van der Waals surface area contributed by atoms with Gasteiger partial charge in [-0.1, -0.05) is 17.7 Å². The molecule has 9 nitrogen and oxygen atoms in total. The molecule has 1 aliphatic heterocycles. The maximum Gasteiger partial charge on any atom is 0.337 e. The highest BCUT2D eigenvalue weighted by Crippen LogP contribution is 2.39. The lowest BCUT2D eigenvalue weighted by molar-refractivity contribution is 0.0601. The van der Waals surface area contributed by atoms with Crippen LogP contribution >= 0.6 is 11.6 Å². The lowest BCUT2D eigenvalue weighted by Crippen LogP contribution is -2.31. The minimum atomic E-state index is -0.413. The molecule has 1 saturated heterocycles. The van der Waals surface area contributed by atoms with E-state index in [1.165, 1.54) is 13.4 Å². The van der Waals surface area contributed by atoms with Crippen molar-refractivity contribution >= 4 is 45.3 Å². The van der Waals surface area contributed by atoms with Crippen LogP contribution in [0.3, 0.4) is 0 Å². The number of carbonyl (C=O) groups is 1. The number of carbonyl (C=O) groups excluding carboxylic acids is 1. The molecular formula is C21H22ClN7O2. The maximum absolute atomic E-state index is 11.9. The summed E-state index contributed by atoms with van der Waals surface area (Å²) in [5, 5.41) is 6.86. The van der Waals surface area contributed by atoms with Crippen molar-refractivity contribution in [2.24, 2.45) is 0 Å². The third-order valence-corrected chi connectivity index (χ3v) is 6.34. The van der Waals surface area contributed by atoms with Crippen LogP contribution in [0.25, 0.3) is 33.3 Å². The first-order chi connectivity index (χ1) is 15.0. The zero-order valence-electron chi connectivity index (χ0n) is 17.2. The molecule has 4 heterocycles. The number of H-pyrrole nitrogens is 1. The number of ether oxygens (including phenoxy) is 1. The fourth-order valence-corrected chi connectivity index (χ4v) is 4.54. The molecule has 0 bridgehead atoms. The molecule has 3 N–H and O–H groups in total. The average molecular weight is 440 g/mol. The molecule has 4 aromatic rings. The highest BCUT2D eigenvalue weighted by molar-refractivity contribution is 6.38. The number of aromatic nitrogens is 5. The van der Waals surface area contributed by atoms with Crippen molar-refractivity contribution in [2.45, 2.75) is 18.9 Å². The number of fused-ring (bicyclic) bond motifs is 2. The highest BCUT2D eigenvalue weighted by atomic mass is 35.5. The Bertz CT molecular complexity index is 1300. The number of hydrogen-bond acceptors (Lipinski definition) is 7. The summed E-state index contributed by atoms with van der Waals surface area (Å²) in [6, 6.07) is 5.41. The zero-order valence-corrected chi connectivity index (χ0v) is 18.0. The fourth-order valence-electron chi connectivity index (χ4n) is 4.24. The van der Waals surface area contributed by atoms with Crippen molar-refractivity contribution in [1.82, 2.24) is 29.6 Å². The maximum atomic E-state index is 11.9. The van der Waals surface area contributed by atoms with Crippen LogP contribution in [0.1, 0.15) is 29.2 Å². The Kier molecular flexibility index (Phi) is 4.79. The molecular weight excluding hydrogens is 418 g/mol. The summed E-state index contributed by atoms with van der Waals surface area (Å²) < 4.78 is 6.78. The Morgan fingerprint density at radius 2 is 2.06 bits per heavy atom. The molecule has 0 radical (unpaired) electrons. The van der Waals surface area contributed by atoms with Crippen LogP contribution in [-0.4, -0.2) is 62.8 Å². The molecule has 3 aromatic heterocycles. The van der Waals surface area contributed by atoms with Crippen LogP contribution < -0.4 is 5.73 Å². The number of methoxy groups -OCH3 is 1. The molecule has 5 rings (SSSR count). The molecule has 0 amide bonds. The molecule has 0 spiro atoms. The van der Waals surface area contributed by atoms with E-state index in [9.17, 15) is 4.79 Å². The molecule has 0 saturated carbocycles. The molecule has 0 aliphatic carbocycles. The van der Waals surface area contributed by atoms with E-state index >= 15 is 0 Å². The number of nitrogens with one attached hydrogen (secondary N) is 1. The summed E-state index contributed by atoms with van der Waals surface area (Å²) in [5.74, 6) is -0.0621. The van der Waals surface area contributed by atoms with Crippen molar-refractivity contribution < 1.29 is 9.53 Å². The summed E-state index contributed by atoms with van der Waals surface area (Å²) in [6.45, 7) is 1.98. The second-order valence-corrected chi connectivity index (χ2v) is 8.23. The number of nitrogens with two attached hydrogens (primary N) is 1. The second kappa shape index (κ2) is 7.51. The lowest BCUT2D eigenvalue weighted by atomic mass is 10.1. The number of nitrogens with zero attached hydrogens (tertiary/aromatic N) is 5. The van der Waals surface area contributed by atoms with E-state index < -0.39 is 5.97 Å². The summed E-state index contributed by atoms with van der Waals surface area (Å²) in [4.78, 5) is 26.2. The number of rotatable bonds is 3. The molecule has 0 unspecified atom stereocenters. The number of benzene rings is 1. The van der Waals surface area contributed by atoms with Gasteiger partial charge in [0, 0.05) is 10.9 Å². The van der Waals surface area contributed by atoms with Gasteiger partial charge in [-0.05, 0) is 45.1 Å². The van der Waals surface area contributed by atoms with E-state index in [1.54, 1.807) is 18.2 Å². The van der Waals surface area contributed by atoms with Crippen LogP contribution in [0, 0.1) is 0 Å². The van der Waals surface area contributed by atoms with Gasteiger partial charge in [0.15, 0.2) is 5.65 Å². The van der Waals surface area contributed by atoms with E-state index in [1.807, 2.05) is 4.68 Å². The number of anilines is 1. The number of nitrogen functional groups attached to an aromatic ring is 1. The summed E-state index contributed by atoms with van der Waals surface area (Å²) in [6.07, 6.45) is 3.41. The molecule has 1 aliphatic rings. The number of aromatic amines is 1. The van der Waals surface area contributed by atoms with Gasteiger partial charge in [-0.2, -0.15) is 5.10 Å². The smallest absolute Gasteiger partial charge is 0.337 e. The van der Waals surface area contributed by atoms with Crippen molar-refractivity contribution in [1.29, 1.82) is 0 Å². The summed E-state index contributed by atoms with van der Waals surface area (Å²) in [7, 11) is 3.47. The van der Waals surface area contributed by atoms with Gasteiger partial charge in [-0.3, -0.25) is 0 Å². The van der Waals surface area contributed by atoms with E-state index in [0.717, 1.165) is 31.3 Å². The molecule has 0 atom stereocenters. The van der Waals surface area contributed by atoms with E-state index in [2.05, 4.69) is 26.9 Å². The Balaban J connectivity index is 1.69. The first-order valence-corrected chi connectivity index (χ1v) is 10.4. The summed E-state index contributed by atoms with van der Waals surface area (Å²) >= 11 is 6.74. The largest absolute Gasteiger partial charge is 0.465 e. The molecule has 31 heavy (non-hydrogen) atoms. The van der Waals surface area contributed by atoms with Gasteiger partial charge in [-0.15, -0.1) is 0 Å². The number of esters is 1. The Labute approximate surface area is 183 Å². The monoisotopic (exact) mass is 439 g/mol. The molecule has 1 fully saturated rings.